The number of H-pyrrole nitrogens is 1. The Morgan fingerprint density at radius 3 is 2.75 bits per heavy atom. The van der Waals surface area contributed by atoms with E-state index >= 15 is 0 Å². The first kappa shape index (κ1) is 5.09. The van der Waals surface area contributed by atoms with Crippen molar-refractivity contribution in [2.24, 2.45) is 0 Å². The average molecular weight is 108 g/mol. The average Bonchev–Trinajstić information content (AvgIpc) is 2.14. The first-order valence-electron chi connectivity index (χ1n) is 2.48. The summed E-state index contributed by atoms with van der Waals surface area (Å²) in [7, 11) is 0. The number of rotatable bonds is 1. The number of hydrogen-bond acceptors (Lipinski definition) is 1. The van der Waals surface area contributed by atoms with Crippen LogP contribution in [0.25, 0.3) is 0 Å². The molecule has 1 aromatic heterocycles. The fourth-order valence-electron chi connectivity index (χ4n) is 0.609. The summed E-state index contributed by atoms with van der Waals surface area (Å²) in [6.07, 6.45) is 3.17. The van der Waals surface area contributed by atoms with E-state index in [1.807, 2.05) is 19.2 Å². The molecule has 1 heterocycles. The summed E-state index contributed by atoms with van der Waals surface area (Å²) in [6.45, 7) is 1.99. The molecule has 0 aromatic carbocycles. The quantitative estimate of drug-likeness (QED) is 0.509. The fraction of sp³-hybridized carbons (Fsp3) is 0.167. The number of aromatic nitrogens is 1. The molecule has 1 aromatic rings. The molecule has 0 aliphatic rings. The Morgan fingerprint density at radius 1 is 1.75 bits per heavy atom. The number of hydrogen-bond donors (Lipinski definition) is 2. The number of aromatic amines is 1. The highest BCUT2D eigenvalue weighted by Crippen LogP contribution is 1.96. The van der Waals surface area contributed by atoms with Crippen molar-refractivity contribution in [2.45, 2.75) is 6.92 Å². The van der Waals surface area contributed by atoms with Crippen LogP contribution in [0.4, 0.5) is 0 Å². The second-order valence-corrected chi connectivity index (χ2v) is 1.78. The van der Waals surface area contributed by atoms with Gasteiger partial charge < -0.3 is 10.4 Å². The summed E-state index contributed by atoms with van der Waals surface area (Å²) in [5.74, 6) is 0. The molecule has 0 amide bonds. The molecule has 42 valence electrons. The summed E-state index contributed by atoms with van der Waals surface area (Å²) >= 11 is 0. The third-order valence-electron chi connectivity index (χ3n) is 1.01. The van der Waals surface area contributed by atoms with Crippen LogP contribution in [0.15, 0.2) is 12.3 Å². The van der Waals surface area contributed by atoms with E-state index in [-0.39, 0.29) is 0 Å². The van der Waals surface area contributed by atoms with E-state index in [0.717, 1.165) is 5.69 Å². The van der Waals surface area contributed by atoms with E-state index in [1.54, 1.807) is 0 Å². The lowest BCUT2D eigenvalue weighted by molar-refractivity contribution is 1.36. The molecule has 0 saturated heterocycles. The maximum absolute atomic E-state index is 6.80. The Kier molecular flexibility index (Phi) is 1.16. The van der Waals surface area contributed by atoms with Crippen LogP contribution in [0.3, 0.4) is 0 Å². The topological polar surface area (TPSA) is 39.6 Å². The van der Waals surface area contributed by atoms with E-state index in [0.29, 0.717) is 0 Å². The van der Waals surface area contributed by atoms with Gasteiger partial charge in [-0.1, -0.05) is 0 Å². The predicted molar refractivity (Wildman–Crippen MR) is 33.4 cm³/mol. The van der Waals surface area contributed by atoms with Crippen LogP contribution in [-0.4, -0.2) is 11.2 Å². The molecule has 0 atom stereocenters. The van der Waals surface area contributed by atoms with Gasteiger partial charge in [0.1, 0.15) is 0 Å². The third-order valence-corrected chi connectivity index (χ3v) is 1.01. The van der Waals surface area contributed by atoms with E-state index < -0.39 is 0 Å². The minimum atomic E-state index is 0.863. The molecule has 0 aliphatic heterocycles. The molecule has 0 spiro atoms. The van der Waals surface area contributed by atoms with Gasteiger partial charge >= 0.3 is 0 Å². The van der Waals surface area contributed by atoms with Gasteiger partial charge in [-0.25, -0.2) is 0 Å². The van der Waals surface area contributed by atoms with Crippen molar-refractivity contribution in [1.29, 1.82) is 5.41 Å². The van der Waals surface area contributed by atoms with Crippen LogP contribution >= 0.6 is 0 Å². The highest BCUT2D eigenvalue weighted by molar-refractivity contribution is 5.74. The van der Waals surface area contributed by atoms with Crippen LogP contribution in [-0.2, 0) is 0 Å². The zero-order valence-electron chi connectivity index (χ0n) is 4.73. The molecule has 1 rings (SSSR count). The molecule has 2 N–H and O–H groups in total. The molecule has 0 aliphatic carbocycles. The largest absolute Gasteiger partial charge is 0.360 e. The van der Waals surface area contributed by atoms with Gasteiger partial charge in [-0.15, -0.1) is 0 Å². The fourth-order valence-corrected chi connectivity index (χ4v) is 0.609. The number of aryl methyl sites for hydroxylation is 1. The highest BCUT2D eigenvalue weighted by Gasteiger charge is 1.86. The van der Waals surface area contributed by atoms with Crippen LogP contribution in [0, 0.1) is 12.3 Å². The number of nitrogens with one attached hydrogen (secondary N) is 2. The summed E-state index contributed by atoms with van der Waals surface area (Å²) in [4.78, 5) is 2.91. The van der Waals surface area contributed by atoms with Crippen molar-refractivity contribution >= 4 is 6.21 Å². The second kappa shape index (κ2) is 1.82. The van der Waals surface area contributed by atoms with Crippen molar-refractivity contribution in [3.05, 3.63) is 23.5 Å². The van der Waals surface area contributed by atoms with Crippen molar-refractivity contribution in [2.75, 3.05) is 0 Å². The summed E-state index contributed by atoms with van der Waals surface area (Å²) in [5.41, 5.74) is 2.03. The van der Waals surface area contributed by atoms with Crippen molar-refractivity contribution < 1.29 is 0 Å². The Hall–Kier alpha value is -1.05. The summed E-state index contributed by atoms with van der Waals surface area (Å²) in [6, 6.07) is 1.92. The second-order valence-electron chi connectivity index (χ2n) is 1.78. The molecule has 0 saturated carbocycles. The molecular formula is C6H8N2. The van der Waals surface area contributed by atoms with Gasteiger partial charge in [0.05, 0.1) is 5.69 Å². The molecule has 0 bridgehead atoms. The maximum atomic E-state index is 6.80. The highest BCUT2D eigenvalue weighted by atomic mass is 14.7. The van der Waals surface area contributed by atoms with Crippen molar-refractivity contribution in [3.8, 4) is 0 Å². The molecular weight excluding hydrogens is 100 g/mol. The van der Waals surface area contributed by atoms with Gasteiger partial charge in [-0.2, -0.15) is 0 Å². The van der Waals surface area contributed by atoms with Crippen LogP contribution < -0.4 is 0 Å². The predicted octanol–water partition coefficient (Wildman–Crippen LogP) is 1.32. The monoisotopic (exact) mass is 108 g/mol. The third kappa shape index (κ3) is 0.780. The van der Waals surface area contributed by atoms with E-state index in [2.05, 4.69) is 4.98 Å². The Labute approximate surface area is 48.1 Å². The molecule has 2 nitrogen and oxygen atoms in total. The Balaban J connectivity index is 3.00. The van der Waals surface area contributed by atoms with E-state index in [9.17, 15) is 0 Å². The Bertz CT molecular complexity index is 188. The molecule has 0 radical (unpaired) electrons. The van der Waals surface area contributed by atoms with Crippen LogP contribution in [0.1, 0.15) is 11.3 Å². The lowest BCUT2D eigenvalue weighted by atomic mass is 10.3. The van der Waals surface area contributed by atoms with Gasteiger partial charge in [0.15, 0.2) is 0 Å². The van der Waals surface area contributed by atoms with Crippen LogP contribution in [0.5, 0.6) is 0 Å². The Morgan fingerprint density at radius 2 is 2.50 bits per heavy atom. The summed E-state index contributed by atoms with van der Waals surface area (Å²) in [5, 5.41) is 6.80. The zero-order valence-corrected chi connectivity index (χ0v) is 4.73. The van der Waals surface area contributed by atoms with Crippen molar-refractivity contribution in [1.82, 2.24) is 4.98 Å². The van der Waals surface area contributed by atoms with Crippen LogP contribution in [0.2, 0.25) is 0 Å². The first-order valence-corrected chi connectivity index (χ1v) is 2.48. The standard InChI is InChI=1S/C6H8N2/c1-5-2-6(3-7)8-4-5/h2-4,7-8H,1H3. The van der Waals surface area contributed by atoms with E-state index in [1.165, 1.54) is 11.8 Å². The van der Waals surface area contributed by atoms with E-state index in [4.69, 9.17) is 5.41 Å². The van der Waals surface area contributed by atoms with Gasteiger partial charge in [-0.3, -0.25) is 0 Å². The molecule has 8 heavy (non-hydrogen) atoms. The van der Waals surface area contributed by atoms with Gasteiger partial charge in [0.2, 0.25) is 0 Å². The maximum Gasteiger partial charge on any atom is 0.0561 e. The van der Waals surface area contributed by atoms with Gasteiger partial charge in [0.25, 0.3) is 0 Å². The lowest BCUT2D eigenvalue weighted by Crippen LogP contribution is -1.72. The van der Waals surface area contributed by atoms with Gasteiger partial charge in [-0.05, 0) is 18.6 Å². The summed E-state index contributed by atoms with van der Waals surface area (Å²) < 4.78 is 0. The lowest BCUT2D eigenvalue weighted by Gasteiger charge is -1.74. The first-order chi connectivity index (χ1) is 3.83. The zero-order chi connectivity index (χ0) is 5.98. The normalized spacial score (nSPS) is 9.12. The minimum Gasteiger partial charge on any atom is -0.360 e. The molecule has 2 heteroatoms. The van der Waals surface area contributed by atoms with Gasteiger partial charge in [0, 0.05) is 12.4 Å². The molecule has 0 unspecified atom stereocenters. The van der Waals surface area contributed by atoms with Crippen molar-refractivity contribution in [3.63, 3.8) is 0 Å². The molecule has 0 fully saturated rings. The SMILES string of the molecule is Cc1c[nH]c(C=N)c1. The smallest absolute Gasteiger partial charge is 0.0561 e. The minimum absolute atomic E-state index is 0.863.